The summed E-state index contributed by atoms with van der Waals surface area (Å²) in [6.07, 6.45) is 0. The lowest BCUT2D eigenvalue weighted by Gasteiger charge is -2.13. The first-order valence-electron chi connectivity index (χ1n) is 6.41. The van der Waals surface area contributed by atoms with Crippen LogP contribution in [0, 0.1) is 13.8 Å². The highest BCUT2D eigenvalue weighted by atomic mass is 16.5. The van der Waals surface area contributed by atoms with Crippen LogP contribution >= 0.6 is 0 Å². The summed E-state index contributed by atoms with van der Waals surface area (Å²) in [4.78, 5) is 12.7. The van der Waals surface area contributed by atoms with E-state index in [9.17, 15) is 4.79 Å². The molecular formula is C17H18O3. The molecule has 2 rings (SSSR count). The molecule has 0 aromatic heterocycles. The average Bonchev–Trinajstić information content (AvgIpc) is 2.45. The third-order valence-electron chi connectivity index (χ3n) is 3.27. The first kappa shape index (κ1) is 14.1. The van der Waals surface area contributed by atoms with E-state index in [4.69, 9.17) is 9.47 Å². The molecule has 0 aliphatic rings. The molecule has 0 aliphatic carbocycles. The molecule has 3 heteroatoms. The Morgan fingerprint density at radius 1 is 0.950 bits per heavy atom. The van der Waals surface area contributed by atoms with Crippen molar-refractivity contribution in [1.82, 2.24) is 0 Å². The number of hydrogen-bond acceptors (Lipinski definition) is 3. The van der Waals surface area contributed by atoms with Crippen molar-refractivity contribution >= 4 is 5.78 Å². The normalized spacial score (nSPS) is 10.2. The third-order valence-corrected chi connectivity index (χ3v) is 3.27. The van der Waals surface area contributed by atoms with E-state index >= 15 is 0 Å². The zero-order chi connectivity index (χ0) is 14.7. The number of carbonyl (C=O) groups is 1. The lowest BCUT2D eigenvalue weighted by atomic mass is 9.97. The molecule has 0 fully saturated rings. The minimum atomic E-state index is -0.0572. The van der Waals surface area contributed by atoms with Gasteiger partial charge >= 0.3 is 0 Å². The first-order chi connectivity index (χ1) is 9.58. The number of methoxy groups -OCH3 is 2. The number of benzene rings is 2. The van der Waals surface area contributed by atoms with Gasteiger partial charge in [0.2, 0.25) is 0 Å². The van der Waals surface area contributed by atoms with Gasteiger partial charge in [-0.05, 0) is 31.5 Å². The van der Waals surface area contributed by atoms with Crippen LogP contribution in [0.4, 0.5) is 0 Å². The lowest BCUT2D eigenvalue weighted by Crippen LogP contribution is -2.07. The molecule has 0 radical (unpaired) electrons. The summed E-state index contributed by atoms with van der Waals surface area (Å²) >= 11 is 0. The van der Waals surface area contributed by atoms with E-state index in [1.54, 1.807) is 25.3 Å². The van der Waals surface area contributed by atoms with E-state index < -0.39 is 0 Å². The fourth-order valence-electron chi connectivity index (χ4n) is 2.28. The number of rotatable bonds is 4. The zero-order valence-electron chi connectivity index (χ0n) is 12.2. The van der Waals surface area contributed by atoms with Gasteiger partial charge in [0.05, 0.1) is 19.8 Å². The van der Waals surface area contributed by atoms with Gasteiger partial charge in [0.1, 0.15) is 0 Å². The zero-order valence-corrected chi connectivity index (χ0v) is 12.2. The van der Waals surface area contributed by atoms with Gasteiger partial charge in [0.25, 0.3) is 0 Å². The van der Waals surface area contributed by atoms with Crippen molar-refractivity contribution < 1.29 is 14.3 Å². The standard InChI is InChI=1S/C17H18O3/c1-11-8-9-13(12(2)10-11)16(18)14-6-5-7-15(19-3)17(14)20-4/h5-10H,1-4H3. The second kappa shape index (κ2) is 5.78. The van der Waals surface area contributed by atoms with E-state index in [2.05, 4.69) is 0 Å². The number of ketones is 1. The van der Waals surface area contributed by atoms with Crippen LogP contribution in [0.1, 0.15) is 27.0 Å². The van der Waals surface area contributed by atoms with Crippen molar-refractivity contribution in [1.29, 1.82) is 0 Å². The summed E-state index contributed by atoms with van der Waals surface area (Å²) in [6.45, 7) is 3.94. The number of para-hydroxylation sites is 1. The number of hydrogen-bond donors (Lipinski definition) is 0. The molecule has 104 valence electrons. The van der Waals surface area contributed by atoms with Crippen molar-refractivity contribution in [3.05, 3.63) is 58.7 Å². The van der Waals surface area contributed by atoms with Crippen LogP contribution < -0.4 is 9.47 Å². The summed E-state index contributed by atoms with van der Waals surface area (Å²) in [6, 6.07) is 11.1. The number of aryl methyl sites for hydroxylation is 2. The Labute approximate surface area is 119 Å². The van der Waals surface area contributed by atoms with Gasteiger partial charge in [-0.3, -0.25) is 4.79 Å². The highest BCUT2D eigenvalue weighted by Gasteiger charge is 2.19. The molecule has 2 aromatic rings. The Balaban J connectivity index is 2.53. The third kappa shape index (κ3) is 2.52. The number of ether oxygens (including phenoxy) is 2. The second-order valence-corrected chi connectivity index (χ2v) is 4.69. The van der Waals surface area contributed by atoms with Gasteiger partial charge in [0, 0.05) is 5.56 Å². The van der Waals surface area contributed by atoms with E-state index in [1.165, 1.54) is 7.11 Å². The van der Waals surface area contributed by atoms with Crippen LogP contribution in [-0.2, 0) is 0 Å². The Hall–Kier alpha value is -2.29. The molecule has 0 saturated carbocycles. The van der Waals surface area contributed by atoms with Gasteiger partial charge in [-0.2, -0.15) is 0 Å². The van der Waals surface area contributed by atoms with Gasteiger partial charge in [-0.15, -0.1) is 0 Å². The summed E-state index contributed by atoms with van der Waals surface area (Å²) in [5, 5.41) is 0. The summed E-state index contributed by atoms with van der Waals surface area (Å²) in [7, 11) is 3.10. The number of carbonyl (C=O) groups excluding carboxylic acids is 1. The molecule has 0 N–H and O–H groups in total. The average molecular weight is 270 g/mol. The molecule has 0 unspecified atom stereocenters. The van der Waals surface area contributed by atoms with Crippen LogP contribution in [0.25, 0.3) is 0 Å². The van der Waals surface area contributed by atoms with Crippen LogP contribution in [0.3, 0.4) is 0 Å². The van der Waals surface area contributed by atoms with Crippen LogP contribution in [-0.4, -0.2) is 20.0 Å². The van der Waals surface area contributed by atoms with Crippen LogP contribution in [0.5, 0.6) is 11.5 Å². The molecule has 0 bridgehead atoms. The first-order valence-corrected chi connectivity index (χ1v) is 6.41. The smallest absolute Gasteiger partial charge is 0.197 e. The maximum atomic E-state index is 12.7. The molecule has 0 saturated heterocycles. The highest BCUT2D eigenvalue weighted by Crippen LogP contribution is 2.32. The predicted octanol–water partition coefficient (Wildman–Crippen LogP) is 3.55. The molecule has 0 heterocycles. The van der Waals surface area contributed by atoms with Gasteiger partial charge in [-0.25, -0.2) is 0 Å². The van der Waals surface area contributed by atoms with Crippen molar-refractivity contribution in [2.45, 2.75) is 13.8 Å². The van der Waals surface area contributed by atoms with E-state index in [0.29, 0.717) is 22.6 Å². The Morgan fingerprint density at radius 2 is 1.70 bits per heavy atom. The second-order valence-electron chi connectivity index (χ2n) is 4.69. The summed E-state index contributed by atoms with van der Waals surface area (Å²) in [5.74, 6) is 0.973. The topological polar surface area (TPSA) is 35.5 Å². The molecule has 0 aliphatic heterocycles. The molecule has 2 aromatic carbocycles. The van der Waals surface area contributed by atoms with Crippen LogP contribution in [0.15, 0.2) is 36.4 Å². The van der Waals surface area contributed by atoms with Crippen LogP contribution in [0.2, 0.25) is 0 Å². The Kier molecular flexibility index (Phi) is 4.08. The fourth-order valence-corrected chi connectivity index (χ4v) is 2.28. The minimum absolute atomic E-state index is 0.0572. The molecular weight excluding hydrogens is 252 g/mol. The molecule has 0 amide bonds. The van der Waals surface area contributed by atoms with Crippen molar-refractivity contribution in [2.75, 3.05) is 14.2 Å². The lowest BCUT2D eigenvalue weighted by molar-refractivity contribution is 0.103. The van der Waals surface area contributed by atoms with E-state index in [1.807, 2.05) is 32.0 Å². The SMILES string of the molecule is COc1cccc(C(=O)c2ccc(C)cc2C)c1OC. The Morgan fingerprint density at radius 3 is 2.30 bits per heavy atom. The minimum Gasteiger partial charge on any atom is -0.493 e. The summed E-state index contributed by atoms with van der Waals surface area (Å²) < 4.78 is 10.6. The molecule has 3 nitrogen and oxygen atoms in total. The van der Waals surface area contributed by atoms with Gasteiger partial charge in [0.15, 0.2) is 17.3 Å². The Bertz CT molecular complexity index is 645. The highest BCUT2D eigenvalue weighted by molar-refractivity contribution is 6.12. The largest absolute Gasteiger partial charge is 0.493 e. The molecule has 0 atom stereocenters. The summed E-state index contributed by atoms with van der Waals surface area (Å²) in [5.41, 5.74) is 3.29. The molecule has 20 heavy (non-hydrogen) atoms. The van der Waals surface area contributed by atoms with E-state index in [-0.39, 0.29) is 5.78 Å². The van der Waals surface area contributed by atoms with Crippen molar-refractivity contribution in [3.63, 3.8) is 0 Å². The van der Waals surface area contributed by atoms with Gasteiger partial charge < -0.3 is 9.47 Å². The predicted molar refractivity (Wildman–Crippen MR) is 78.9 cm³/mol. The quantitative estimate of drug-likeness (QED) is 0.797. The maximum absolute atomic E-state index is 12.7. The van der Waals surface area contributed by atoms with Crippen molar-refractivity contribution in [3.8, 4) is 11.5 Å². The molecule has 0 spiro atoms. The van der Waals surface area contributed by atoms with E-state index in [0.717, 1.165) is 11.1 Å². The monoisotopic (exact) mass is 270 g/mol. The van der Waals surface area contributed by atoms with Crippen molar-refractivity contribution in [2.24, 2.45) is 0 Å². The maximum Gasteiger partial charge on any atom is 0.197 e. The fraction of sp³-hybridized carbons (Fsp3) is 0.235. The van der Waals surface area contributed by atoms with Gasteiger partial charge in [-0.1, -0.05) is 29.8 Å².